The molecule has 0 fully saturated rings. The van der Waals surface area contributed by atoms with Crippen molar-refractivity contribution in [1.29, 1.82) is 0 Å². The van der Waals surface area contributed by atoms with Crippen molar-refractivity contribution in [3.05, 3.63) is 163 Å². The molecule has 1 atom stereocenters. The molecule has 6 aromatic carbocycles. The van der Waals surface area contributed by atoms with Crippen LogP contribution in [0, 0.1) is 5.92 Å². The molecule has 7 aromatic rings. The number of benzene rings is 6. The first-order valence-electron chi connectivity index (χ1n) is 15.0. The highest BCUT2D eigenvalue weighted by Gasteiger charge is 2.27. The molecule has 202 valence electrons. The molecule has 1 nitrogen and oxygen atoms in total. The van der Waals surface area contributed by atoms with E-state index in [0.29, 0.717) is 5.92 Å². The van der Waals surface area contributed by atoms with E-state index < -0.39 is 0 Å². The largest absolute Gasteiger partial charge is 0.456 e. The third-order valence-corrected chi connectivity index (χ3v) is 9.20. The summed E-state index contributed by atoms with van der Waals surface area (Å²) in [6.45, 7) is 0. The van der Waals surface area contributed by atoms with Gasteiger partial charge in [-0.15, -0.1) is 0 Å². The van der Waals surface area contributed by atoms with Crippen molar-refractivity contribution in [2.24, 2.45) is 5.92 Å². The Kier molecular flexibility index (Phi) is 5.39. The summed E-state index contributed by atoms with van der Waals surface area (Å²) >= 11 is 0. The van der Waals surface area contributed by atoms with E-state index in [9.17, 15) is 0 Å². The standard InChI is InChI=1S/C42H28O/c1-2-12-27(13-3-1)28-16-10-17-31(24-28)40-32-18-6-8-20-34(32)41(35-21-9-7-19-33(35)40)36-22-11-23-38-42(36)37-25-29-14-4-5-15-30(29)26-39(37)43-38/h1-24,26,29H,25H2. The molecule has 1 heteroatoms. The van der Waals surface area contributed by atoms with Gasteiger partial charge in [-0.2, -0.15) is 0 Å². The molecule has 0 spiro atoms. The van der Waals surface area contributed by atoms with Gasteiger partial charge in [0.1, 0.15) is 11.3 Å². The summed E-state index contributed by atoms with van der Waals surface area (Å²) in [6, 6.07) is 44.0. The van der Waals surface area contributed by atoms with Crippen LogP contribution in [0.15, 0.2) is 156 Å². The molecule has 0 saturated heterocycles. The van der Waals surface area contributed by atoms with Crippen LogP contribution in [0.1, 0.15) is 11.3 Å². The van der Waals surface area contributed by atoms with Gasteiger partial charge in [0.2, 0.25) is 0 Å². The maximum Gasteiger partial charge on any atom is 0.135 e. The second-order valence-electron chi connectivity index (χ2n) is 11.6. The van der Waals surface area contributed by atoms with Gasteiger partial charge in [-0.3, -0.25) is 0 Å². The van der Waals surface area contributed by atoms with Gasteiger partial charge in [0.05, 0.1) is 0 Å². The summed E-state index contributed by atoms with van der Waals surface area (Å²) < 4.78 is 6.54. The van der Waals surface area contributed by atoms with Crippen molar-refractivity contribution in [1.82, 2.24) is 0 Å². The van der Waals surface area contributed by atoms with Crippen LogP contribution in [0.25, 0.3) is 72.0 Å². The highest BCUT2D eigenvalue weighted by atomic mass is 16.3. The molecule has 0 aliphatic heterocycles. The van der Waals surface area contributed by atoms with Crippen molar-refractivity contribution in [2.75, 3.05) is 0 Å². The molecule has 1 unspecified atom stereocenters. The quantitative estimate of drug-likeness (QED) is 0.200. The molecule has 0 N–H and O–H groups in total. The Bertz CT molecular complexity index is 2250. The molecule has 1 heterocycles. The van der Waals surface area contributed by atoms with Crippen LogP contribution in [-0.4, -0.2) is 0 Å². The summed E-state index contributed by atoms with van der Waals surface area (Å²) in [5, 5.41) is 6.29. The van der Waals surface area contributed by atoms with Gasteiger partial charge in [-0.1, -0.05) is 133 Å². The maximum absolute atomic E-state index is 6.54. The van der Waals surface area contributed by atoms with E-state index in [1.807, 2.05) is 0 Å². The average molecular weight is 549 g/mol. The number of furan rings is 1. The lowest BCUT2D eigenvalue weighted by atomic mass is 9.81. The smallest absolute Gasteiger partial charge is 0.135 e. The van der Waals surface area contributed by atoms with Crippen LogP contribution in [0.5, 0.6) is 0 Å². The van der Waals surface area contributed by atoms with E-state index >= 15 is 0 Å². The van der Waals surface area contributed by atoms with Crippen LogP contribution in [-0.2, 0) is 6.42 Å². The number of hydrogen-bond donors (Lipinski definition) is 0. The Labute approximate surface area is 250 Å². The Morgan fingerprint density at radius 2 is 1.21 bits per heavy atom. The summed E-state index contributed by atoms with van der Waals surface area (Å²) in [5.74, 6) is 1.38. The molecule has 43 heavy (non-hydrogen) atoms. The fourth-order valence-electron chi connectivity index (χ4n) is 7.28. The van der Waals surface area contributed by atoms with E-state index in [4.69, 9.17) is 4.42 Å². The number of fused-ring (bicyclic) bond motifs is 6. The molecule has 0 bridgehead atoms. The lowest BCUT2D eigenvalue weighted by Crippen LogP contribution is -2.10. The van der Waals surface area contributed by atoms with Crippen LogP contribution in [0.3, 0.4) is 0 Å². The van der Waals surface area contributed by atoms with Crippen molar-refractivity contribution in [3.8, 4) is 33.4 Å². The molecule has 0 radical (unpaired) electrons. The number of rotatable bonds is 3. The topological polar surface area (TPSA) is 13.1 Å². The first kappa shape index (κ1) is 24.2. The fraction of sp³-hybridized carbons (Fsp3) is 0.0476. The molecule has 2 aliphatic rings. The van der Waals surface area contributed by atoms with E-state index in [1.165, 1.54) is 71.4 Å². The molecule has 0 amide bonds. The van der Waals surface area contributed by atoms with E-state index in [0.717, 1.165) is 17.8 Å². The molecule has 0 saturated carbocycles. The highest BCUT2D eigenvalue weighted by molar-refractivity contribution is 6.23. The molecule has 2 aliphatic carbocycles. The summed E-state index contributed by atoms with van der Waals surface area (Å²) in [5.41, 5.74) is 11.1. The normalized spacial score (nSPS) is 15.5. The van der Waals surface area contributed by atoms with Crippen LogP contribution < -0.4 is 0 Å². The van der Waals surface area contributed by atoms with E-state index in [2.05, 4.69) is 152 Å². The Balaban J connectivity index is 1.34. The summed E-state index contributed by atoms with van der Waals surface area (Å²) in [4.78, 5) is 0. The number of allylic oxidation sites excluding steroid dienone is 5. The SMILES string of the molecule is C1=CC2=Cc3oc4cccc(-c5c6ccccc6c(-c6cccc(-c7ccccc7)c6)c6ccccc56)c4c3CC2C=C1. The van der Waals surface area contributed by atoms with Crippen LogP contribution in [0.2, 0.25) is 0 Å². The van der Waals surface area contributed by atoms with Gasteiger partial charge in [0, 0.05) is 16.9 Å². The fourth-order valence-corrected chi connectivity index (χ4v) is 7.28. The van der Waals surface area contributed by atoms with E-state index in [-0.39, 0.29) is 0 Å². The first-order valence-corrected chi connectivity index (χ1v) is 15.0. The summed E-state index contributed by atoms with van der Waals surface area (Å²) in [7, 11) is 0. The monoisotopic (exact) mass is 548 g/mol. The van der Waals surface area contributed by atoms with Gasteiger partial charge >= 0.3 is 0 Å². The lowest BCUT2D eigenvalue weighted by Gasteiger charge is -2.22. The molecule has 1 aromatic heterocycles. The number of hydrogen-bond acceptors (Lipinski definition) is 1. The highest BCUT2D eigenvalue weighted by Crippen LogP contribution is 2.48. The van der Waals surface area contributed by atoms with Crippen molar-refractivity contribution in [2.45, 2.75) is 6.42 Å². The minimum absolute atomic E-state index is 0.388. The zero-order chi connectivity index (χ0) is 28.3. The predicted octanol–water partition coefficient (Wildman–Crippen LogP) is 11.4. The molecular weight excluding hydrogens is 520 g/mol. The van der Waals surface area contributed by atoms with Gasteiger partial charge < -0.3 is 4.42 Å². The predicted molar refractivity (Wildman–Crippen MR) is 181 cm³/mol. The second-order valence-corrected chi connectivity index (χ2v) is 11.6. The maximum atomic E-state index is 6.54. The lowest BCUT2D eigenvalue weighted by molar-refractivity contribution is 0.586. The van der Waals surface area contributed by atoms with E-state index in [1.54, 1.807) is 0 Å². The van der Waals surface area contributed by atoms with Crippen molar-refractivity contribution < 1.29 is 4.42 Å². The minimum Gasteiger partial charge on any atom is -0.456 e. The van der Waals surface area contributed by atoms with Gasteiger partial charge in [0.25, 0.3) is 0 Å². The minimum atomic E-state index is 0.388. The van der Waals surface area contributed by atoms with Gasteiger partial charge in [0.15, 0.2) is 0 Å². The first-order chi connectivity index (χ1) is 21.3. The summed E-state index contributed by atoms with van der Waals surface area (Å²) in [6.07, 6.45) is 12.0. The van der Waals surface area contributed by atoms with Gasteiger partial charge in [-0.25, -0.2) is 0 Å². The molecular formula is C42H28O. The zero-order valence-corrected chi connectivity index (χ0v) is 23.6. The average Bonchev–Trinajstić information content (AvgIpc) is 3.44. The van der Waals surface area contributed by atoms with Crippen molar-refractivity contribution >= 4 is 38.6 Å². The zero-order valence-electron chi connectivity index (χ0n) is 23.6. The Morgan fingerprint density at radius 3 is 1.98 bits per heavy atom. The third-order valence-electron chi connectivity index (χ3n) is 9.20. The molecule has 9 rings (SSSR count). The van der Waals surface area contributed by atoms with Crippen LogP contribution in [0.4, 0.5) is 0 Å². The van der Waals surface area contributed by atoms with Crippen LogP contribution >= 0.6 is 0 Å². The van der Waals surface area contributed by atoms with Gasteiger partial charge in [-0.05, 0) is 85.1 Å². The third kappa shape index (κ3) is 3.78. The Hall–Kier alpha value is -5.40. The second kappa shape index (κ2) is 9.58. The van der Waals surface area contributed by atoms with Crippen molar-refractivity contribution in [3.63, 3.8) is 0 Å². The Morgan fingerprint density at radius 1 is 0.558 bits per heavy atom.